The topological polar surface area (TPSA) is 124 Å². The molecule has 3 aromatic carbocycles. The smallest absolute Gasteiger partial charge is 0.321 e. The minimum Gasteiger partial charge on any atom is -0.485 e. The van der Waals surface area contributed by atoms with Crippen molar-refractivity contribution in [2.45, 2.75) is 26.0 Å². The molecule has 4 aromatic rings. The van der Waals surface area contributed by atoms with Crippen molar-refractivity contribution in [1.82, 2.24) is 14.8 Å². The van der Waals surface area contributed by atoms with Crippen molar-refractivity contribution >= 4 is 40.0 Å². The fourth-order valence-electron chi connectivity index (χ4n) is 5.16. The first-order chi connectivity index (χ1) is 20.8. The summed E-state index contributed by atoms with van der Waals surface area (Å²) in [5.74, 6) is -0.720. The van der Waals surface area contributed by atoms with Gasteiger partial charge in [-0.1, -0.05) is 49.4 Å². The van der Waals surface area contributed by atoms with E-state index in [-0.39, 0.29) is 48.2 Å². The first-order valence-corrected chi connectivity index (χ1v) is 14.2. The van der Waals surface area contributed by atoms with Crippen LogP contribution in [0.3, 0.4) is 0 Å². The molecule has 0 spiro atoms. The van der Waals surface area contributed by atoms with Crippen LogP contribution in [0.15, 0.2) is 85.2 Å². The molecule has 5 rings (SSSR count). The average molecular weight is 582 g/mol. The van der Waals surface area contributed by atoms with Crippen LogP contribution in [0, 0.1) is 5.92 Å². The summed E-state index contributed by atoms with van der Waals surface area (Å²) in [6.45, 7) is 4.00. The molecule has 10 heteroatoms. The molecule has 10 nitrogen and oxygen atoms in total. The predicted molar refractivity (Wildman–Crippen MR) is 165 cm³/mol. The summed E-state index contributed by atoms with van der Waals surface area (Å²) in [4.78, 5) is 47.3. The summed E-state index contributed by atoms with van der Waals surface area (Å²) in [5, 5.41) is 17.8. The summed E-state index contributed by atoms with van der Waals surface area (Å²) in [7, 11) is 1.69. The molecular weight excluding hydrogens is 546 g/mol. The molecule has 0 saturated heterocycles. The van der Waals surface area contributed by atoms with Gasteiger partial charge in [0.1, 0.15) is 6.10 Å². The first-order valence-electron chi connectivity index (χ1n) is 14.2. The number of aliphatic hydroxyl groups is 1. The van der Waals surface area contributed by atoms with Gasteiger partial charge in [-0.3, -0.25) is 14.6 Å². The molecule has 1 aliphatic rings. The standard InChI is InChI=1S/C33H35N5O5/c1-21-18-38(22(2)20-39)32(41)26-11-7-13-28(35-31(40)24-14-16-34-17-15-24)30(26)43-29(21)19-37(3)33(42)36-27-12-6-9-23-8-4-5-10-25(23)27/h4-17,21-22,29,39H,18-20H2,1-3H3,(H,35,40)(H,36,42)/t21-,22-,29-/m0/s1. The van der Waals surface area contributed by atoms with Gasteiger partial charge in [0, 0.05) is 42.9 Å². The Kier molecular flexibility index (Phi) is 8.87. The largest absolute Gasteiger partial charge is 0.485 e. The van der Waals surface area contributed by atoms with Gasteiger partial charge in [0.2, 0.25) is 0 Å². The average Bonchev–Trinajstić information content (AvgIpc) is 3.03. The van der Waals surface area contributed by atoms with E-state index < -0.39 is 12.1 Å². The molecule has 222 valence electrons. The monoisotopic (exact) mass is 581 g/mol. The van der Waals surface area contributed by atoms with E-state index in [9.17, 15) is 19.5 Å². The Morgan fingerprint density at radius 3 is 2.49 bits per heavy atom. The number of nitrogens with zero attached hydrogens (tertiary/aromatic N) is 3. The van der Waals surface area contributed by atoms with Crippen LogP contribution in [-0.2, 0) is 0 Å². The number of benzene rings is 3. The van der Waals surface area contributed by atoms with E-state index in [0.717, 1.165) is 10.8 Å². The van der Waals surface area contributed by atoms with Crippen molar-refractivity contribution in [2.75, 3.05) is 37.4 Å². The van der Waals surface area contributed by atoms with Crippen molar-refractivity contribution in [3.05, 3.63) is 96.3 Å². The van der Waals surface area contributed by atoms with Crippen molar-refractivity contribution in [1.29, 1.82) is 0 Å². The number of urea groups is 1. The Balaban J connectivity index is 1.44. The number of fused-ring (bicyclic) bond motifs is 2. The first kappa shape index (κ1) is 29.5. The third-order valence-corrected chi connectivity index (χ3v) is 7.71. The zero-order valence-corrected chi connectivity index (χ0v) is 24.4. The maximum atomic E-state index is 13.7. The lowest BCUT2D eigenvalue weighted by Gasteiger charge is -2.38. The second kappa shape index (κ2) is 12.9. The van der Waals surface area contributed by atoms with E-state index in [1.165, 1.54) is 12.4 Å². The number of nitrogens with one attached hydrogen (secondary N) is 2. The van der Waals surface area contributed by atoms with Crippen molar-refractivity contribution in [2.24, 2.45) is 5.92 Å². The summed E-state index contributed by atoms with van der Waals surface area (Å²) in [6.07, 6.45) is 2.49. The number of rotatable bonds is 7. The maximum Gasteiger partial charge on any atom is 0.321 e. The summed E-state index contributed by atoms with van der Waals surface area (Å²) in [5.41, 5.74) is 1.68. The van der Waals surface area contributed by atoms with Gasteiger partial charge in [-0.05, 0) is 42.6 Å². The number of carbonyl (C=O) groups excluding carboxylic acids is 3. The number of carbonyl (C=O) groups is 3. The fourth-order valence-corrected chi connectivity index (χ4v) is 5.16. The number of aromatic nitrogens is 1. The van der Waals surface area contributed by atoms with Gasteiger partial charge >= 0.3 is 6.03 Å². The SMILES string of the molecule is C[C@H]1CN([C@@H](C)CO)C(=O)c2cccc(NC(=O)c3ccncc3)c2O[C@H]1CN(C)C(=O)Nc1cccc2ccccc12. The van der Waals surface area contributed by atoms with E-state index in [0.29, 0.717) is 23.5 Å². The number of likely N-dealkylation sites (N-methyl/N-ethyl adjacent to an activating group) is 1. The third kappa shape index (κ3) is 6.44. The van der Waals surface area contributed by atoms with E-state index in [1.54, 1.807) is 54.1 Å². The molecule has 2 heterocycles. The Hall–Kier alpha value is -4.96. The van der Waals surface area contributed by atoms with Crippen LogP contribution >= 0.6 is 0 Å². The molecule has 1 aliphatic heterocycles. The van der Waals surface area contributed by atoms with E-state index >= 15 is 0 Å². The molecule has 3 atom stereocenters. The lowest BCUT2D eigenvalue weighted by atomic mass is 9.99. The molecule has 3 N–H and O–H groups in total. The molecule has 1 aromatic heterocycles. The molecule has 0 bridgehead atoms. The molecule has 0 radical (unpaired) electrons. The summed E-state index contributed by atoms with van der Waals surface area (Å²) in [6, 6.07) is 21.0. The summed E-state index contributed by atoms with van der Waals surface area (Å²) >= 11 is 0. The highest BCUT2D eigenvalue weighted by Gasteiger charge is 2.35. The Bertz CT molecular complexity index is 1620. The van der Waals surface area contributed by atoms with Crippen LogP contribution in [0.5, 0.6) is 5.75 Å². The van der Waals surface area contributed by atoms with Gasteiger partial charge in [0.05, 0.1) is 36.1 Å². The van der Waals surface area contributed by atoms with Gasteiger partial charge in [-0.25, -0.2) is 4.79 Å². The number of amides is 4. The minimum atomic E-state index is -0.553. The lowest BCUT2D eigenvalue weighted by Crippen LogP contribution is -2.50. The van der Waals surface area contributed by atoms with Gasteiger partial charge in [-0.15, -0.1) is 0 Å². The van der Waals surface area contributed by atoms with Crippen molar-refractivity contribution in [3.63, 3.8) is 0 Å². The van der Waals surface area contributed by atoms with Crippen LogP contribution in [0.2, 0.25) is 0 Å². The van der Waals surface area contributed by atoms with Crippen LogP contribution < -0.4 is 15.4 Å². The predicted octanol–water partition coefficient (Wildman–Crippen LogP) is 4.87. The number of pyridine rings is 1. The number of hydrogen-bond donors (Lipinski definition) is 3. The van der Waals surface area contributed by atoms with Crippen molar-refractivity contribution < 1.29 is 24.2 Å². The van der Waals surface area contributed by atoms with Crippen LogP contribution in [0.4, 0.5) is 16.2 Å². The van der Waals surface area contributed by atoms with Crippen molar-refractivity contribution in [3.8, 4) is 5.75 Å². The Morgan fingerprint density at radius 2 is 1.72 bits per heavy atom. The van der Waals surface area contributed by atoms with E-state index in [4.69, 9.17) is 4.74 Å². The second-order valence-electron chi connectivity index (χ2n) is 10.8. The molecule has 0 fully saturated rings. The van der Waals surface area contributed by atoms with Crippen LogP contribution in [0.1, 0.15) is 34.6 Å². The Morgan fingerprint density at radius 1 is 1.02 bits per heavy atom. The van der Waals surface area contributed by atoms with Gasteiger partial charge in [0.25, 0.3) is 11.8 Å². The van der Waals surface area contributed by atoms with Gasteiger partial charge in [0.15, 0.2) is 5.75 Å². The zero-order valence-electron chi connectivity index (χ0n) is 24.4. The third-order valence-electron chi connectivity index (χ3n) is 7.71. The number of anilines is 2. The Labute approximate surface area is 250 Å². The highest BCUT2D eigenvalue weighted by Crippen LogP contribution is 2.35. The van der Waals surface area contributed by atoms with E-state index in [1.807, 2.05) is 49.4 Å². The number of ether oxygens (including phenoxy) is 1. The van der Waals surface area contributed by atoms with Crippen LogP contribution in [-0.4, -0.2) is 76.6 Å². The molecule has 0 aliphatic carbocycles. The minimum absolute atomic E-state index is 0.194. The molecular formula is C33H35N5O5. The van der Waals surface area contributed by atoms with Gasteiger partial charge < -0.3 is 30.3 Å². The maximum absolute atomic E-state index is 13.7. The van der Waals surface area contributed by atoms with Gasteiger partial charge in [-0.2, -0.15) is 0 Å². The highest BCUT2D eigenvalue weighted by molar-refractivity contribution is 6.07. The fraction of sp³-hybridized carbons (Fsp3) is 0.273. The number of para-hydroxylation sites is 1. The zero-order chi connectivity index (χ0) is 30.5. The van der Waals surface area contributed by atoms with Crippen LogP contribution in [0.25, 0.3) is 10.8 Å². The second-order valence-corrected chi connectivity index (χ2v) is 10.8. The number of hydrogen-bond acceptors (Lipinski definition) is 6. The highest BCUT2D eigenvalue weighted by atomic mass is 16.5. The summed E-state index contributed by atoms with van der Waals surface area (Å²) < 4.78 is 6.53. The normalized spacial score (nSPS) is 17.2. The lowest BCUT2D eigenvalue weighted by molar-refractivity contribution is 0.0372. The van der Waals surface area contributed by atoms with E-state index in [2.05, 4.69) is 15.6 Å². The molecule has 4 amide bonds. The molecule has 0 unspecified atom stereocenters. The number of aliphatic hydroxyl groups excluding tert-OH is 1. The quantitative estimate of drug-likeness (QED) is 0.286. The molecule has 0 saturated carbocycles. The molecule has 43 heavy (non-hydrogen) atoms.